The van der Waals surface area contributed by atoms with E-state index in [9.17, 15) is 4.79 Å². The molecule has 1 saturated heterocycles. The van der Waals surface area contributed by atoms with Crippen molar-refractivity contribution >= 4 is 21.8 Å². The minimum absolute atomic E-state index is 0.108. The third-order valence-electron chi connectivity index (χ3n) is 3.75. The van der Waals surface area contributed by atoms with Gasteiger partial charge in [0.15, 0.2) is 0 Å². The maximum Gasteiger partial charge on any atom is 0.254 e. The lowest BCUT2D eigenvalue weighted by molar-refractivity contribution is 0.0689. The van der Waals surface area contributed by atoms with E-state index in [0.29, 0.717) is 6.04 Å². The average Bonchev–Trinajstić information content (AvgIpc) is 3.01. The normalized spacial score (nSPS) is 16.4. The molecule has 0 radical (unpaired) electrons. The summed E-state index contributed by atoms with van der Waals surface area (Å²) < 4.78 is 2.86. The van der Waals surface area contributed by atoms with Crippen molar-refractivity contribution in [2.45, 2.75) is 18.9 Å². The van der Waals surface area contributed by atoms with E-state index in [2.05, 4.69) is 21.0 Å². The first-order valence-corrected chi connectivity index (χ1v) is 7.58. The second-order valence-electron chi connectivity index (χ2n) is 4.99. The zero-order valence-corrected chi connectivity index (χ0v) is 12.7. The van der Waals surface area contributed by atoms with E-state index in [1.807, 2.05) is 46.1 Å². The lowest BCUT2D eigenvalue weighted by atomic mass is 10.0. The van der Waals surface area contributed by atoms with Gasteiger partial charge in [0, 0.05) is 30.0 Å². The van der Waals surface area contributed by atoms with Gasteiger partial charge in [-0.3, -0.25) is 9.48 Å². The van der Waals surface area contributed by atoms with Crippen LogP contribution in [0.1, 0.15) is 29.2 Å². The molecule has 20 heavy (non-hydrogen) atoms. The van der Waals surface area contributed by atoms with Gasteiger partial charge >= 0.3 is 0 Å². The van der Waals surface area contributed by atoms with Crippen LogP contribution in [-0.2, 0) is 0 Å². The summed E-state index contributed by atoms with van der Waals surface area (Å²) >= 11 is 3.45. The zero-order chi connectivity index (χ0) is 13.9. The van der Waals surface area contributed by atoms with Gasteiger partial charge in [0.05, 0.1) is 11.6 Å². The summed E-state index contributed by atoms with van der Waals surface area (Å²) in [6.45, 7) is 1.56. The molecule has 0 saturated carbocycles. The molecule has 1 amide bonds. The molecule has 5 heteroatoms. The number of carbonyl (C=O) groups is 1. The number of benzene rings is 1. The van der Waals surface area contributed by atoms with E-state index in [1.54, 1.807) is 6.20 Å². The van der Waals surface area contributed by atoms with Crippen LogP contribution in [0.4, 0.5) is 0 Å². The molecule has 0 N–H and O–H groups in total. The Hall–Kier alpha value is -1.62. The van der Waals surface area contributed by atoms with Crippen molar-refractivity contribution in [2.75, 3.05) is 13.1 Å². The highest BCUT2D eigenvalue weighted by molar-refractivity contribution is 9.10. The number of piperidine rings is 1. The minimum atomic E-state index is 0.108. The van der Waals surface area contributed by atoms with Crippen molar-refractivity contribution in [3.63, 3.8) is 0 Å². The summed E-state index contributed by atoms with van der Waals surface area (Å²) in [5, 5.41) is 4.29. The van der Waals surface area contributed by atoms with Crippen LogP contribution in [0.15, 0.2) is 47.2 Å². The molecular weight excluding hydrogens is 318 g/mol. The predicted molar refractivity (Wildman–Crippen MR) is 80.5 cm³/mol. The lowest BCUT2D eigenvalue weighted by Crippen LogP contribution is -2.39. The van der Waals surface area contributed by atoms with E-state index in [1.165, 1.54) is 0 Å². The molecular formula is C15H16BrN3O. The molecule has 1 aliphatic heterocycles. The molecule has 2 heterocycles. The molecule has 3 rings (SSSR count). The van der Waals surface area contributed by atoms with Crippen LogP contribution in [-0.4, -0.2) is 33.7 Å². The molecule has 1 aromatic carbocycles. The number of aromatic nitrogens is 2. The first-order valence-electron chi connectivity index (χ1n) is 6.78. The zero-order valence-electron chi connectivity index (χ0n) is 11.1. The number of carbonyl (C=O) groups excluding carboxylic acids is 1. The van der Waals surface area contributed by atoms with Gasteiger partial charge in [-0.1, -0.05) is 12.1 Å². The molecule has 0 bridgehead atoms. The highest BCUT2D eigenvalue weighted by atomic mass is 79.9. The van der Waals surface area contributed by atoms with Crippen LogP contribution in [0.25, 0.3) is 0 Å². The molecule has 4 nitrogen and oxygen atoms in total. The van der Waals surface area contributed by atoms with Crippen molar-refractivity contribution in [3.8, 4) is 0 Å². The van der Waals surface area contributed by atoms with Gasteiger partial charge in [0.1, 0.15) is 0 Å². The summed E-state index contributed by atoms with van der Waals surface area (Å²) in [5.74, 6) is 0.108. The summed E-state index contributed by atoms with van der Waals surface area (Å²) in [6, 6.07) is 9.95. The van der Waals surface area contributed by atoms with Crippen LogP contribution in [0, 0.1) is 0 Å². The molecule has 1 fully saturated rings. The minimum Gasteiger partial charge on any atom is -0.338 e. The van der Waals surface area contributed by atoms with Gasteiger partial charge < -0.3 is 4.90 Å². The van der Waals surface area contributed by atoms with Crippen LogP contribution >= 0.6 is 15.9 Å². The number of nitrogens with zero attached hydrogens (tertiary/aromatic N) is 3. The van der Waals surface area contributed by atoms with Crippen LogP contribution in [0.3, 0.4) is 0 Å². The van der Waals surface area contributed by atoms with Crippen LogP contribution < -0.4 is 0 Å². The summed E-state index contributed by atoms with van der Waals surface area (Å²) in [5.41, 5.74) is 0.741. The van der Waals surface area contributed by atoms with Crippen molar-refractivity contribution in [3.05, 3.63) is 52.8 Å². The number of rotatable bonds is 2. The van der Waals surface area contributed by atoms with Crippen LogP contribution in [0.5, 0.6) is 0 Å². The summed E-state index contributed by atoms with van der Waals surface area (Å²) in [6.07, 6.45) is 5.71. The SMILES string of the molecule is O=C(c1ccccc1Br)N1CCC(n2cccn2)CC1. The van der Waals surface area contributed by atoms with E-state index in [-0.39, 0.29) is 5.91 Å². The number of likely N-dealkylation sites (tertiary alicyclic amines) is 1. The van der Waals surface area contributed by atoms with Gasteiger partial charge in [0.25, 0.3) is 5.91 Å². The Kier molecular flexibility index (Phi) is 3.87. The second-order valence-corrected chi connectivity index (χ2v) is 5.84. The Morgan fingerprint density at radius 2 is 1.95 bits per heavy atom. The standard InChI is InChI=1S/C15H16BrN3O/c16-14-5-2-1-4-13(14)15(20)18-10-6-12(7-11-18)19-9-3-8-17-19/h1-5,8-9,12H,6-7,10-11H2. The molecule has 2 aromatic rings. The monoisotopic (exact) mass is 333 g/mol. The third-order valence-corrected chi connectivity index (χ3v) is 4.45. The van der Waals surface area contributed by atoms with E-state index >= 15 is 0 Å². The van der Waals surface area contributed by atoms with Crippen molar-refractivity contribution in [1.82, 2.24) is 14.7 Å². The third kappa shape index (κ3) is 2.63. The molecule has 1 aliphatic rings. The van der Waals surface area contributed by atoms with E-state index in [0.717, 1.165) is 36.0 Å². The fourth-order valence-corrected chi connectivity index (χ4v) is 3.09. The first kappa shape index (κ1) is 13.4. The van der Waals surface area contributed by atoms with Gasteiger partial charge in [-0.2, -0.15) is 5.10 Å². The second kappa shape index (κ2) is 5.79. The molecule has 0 atom stereocenters. The molecule has 0 unspecified atom stereocenters. The molecule has 1 aromatic heterocycles. The highest BCUT2D eigenvalue weighted by Crippen LogP contribution is 2.24. The molecule has 0 spiro atoms. The largest absolute Gasteiger partial charge is 0.338 e. The quantitative estimate of drug-likeness (QED) is 0.846. The maximum absolute atomic E-state index is 12.5. The Morgan fingerprint density at radius 3 is 2.60 bits per heavy atom. The molecule has 104 valence electrons. The Balaban J connectivity index is 1.66. The maximum atomic E-state index is 12.5. The van der Waals surface area contributed by atoms with Crippen molar-refractivity contribution in [2.24, 2.45) is 0 Å². The summed E-state index contributed by atoms with van der Waals surface area (Å²) in [7, 11) is 0. The topological polar surface area (TPSA) is 38.1 Å². The fraction of sp³-hybridized carbons (Fsp3) is 0.333. The fourth-order valence-electron chi connectivity index (χ4n) is 2.64. The smallest absolute Gasteiger partial charge is 0.254 e. The lowest BCUT2D eigenvalue weighted by Gasteiger charge is -2.32. The Morgan fingerprint density at radius 1 is 1.20 bits per heavy atom. The van der Waals surface area contributed by atoms with Gasteiger partial charge in [-0.15, -0.1) is 0 Å². The Bertz CT molecular complexity index is 589. The van der Waals surface area contributed by atoms with E-state index < -0.39 is 0 Å². The van der Waals surface area contributed by atoms with Gasteiger partial charge in [-0.25, -0.2) is 0 Å². The summed E-state index contributed by atoms with van der Waals surface area (Å²) in [4.78, 5) is 14.4. The number of hydrogen-bond acceptors (Lipinski definition) is 2. The molecule has 0 aliphatic carbocycles. The van der Waals surface area contributed by atoms with Crippen molar-refractivity contribution < 1.29 is 4.79 Å². The highest BCUT2D eigenvalue weighted by Gasteiger charge is 2.25. The van der Waals surface area contributed by atoms with Gasteiger partial charge in [0.2, 0.25) is 0 Å². The van der Waals surface area contributed by atoms with Gasteiger partial charge in [-0.05, 0) is 47.0 Å². The number of halogens is 1. The number of hydrogen-bond donors (Lipinski definition) is 0. The number of amides is 1. The van der Waals surface area contributed by atoms with Crippen molar-refractivity contribution in [1.29, 1.82) is 0 Å². The average molecular weight is 334 g/mol. The Labute approximate surface area is 126 Å². The van der Waals surface area contributed by atoms with E-state index in [4.69, 9.17) is 0 Å². The first-order chi connectivity index (χ1) is 9.75. The predicted octanol–water partition coefficient (Wildman–Crippen LogP) is 3.12. The van der Waals surface area contributed by atoms with Crippen LogP contribution in [0.2, 0.25) is 0 Å².